The standard InChI is InChI=1S/C14H20BrN3/c1-10(2)9-18(3)14-11(6-12(15)8-17-14)7-16-13-4-5-13/h6,8,13,16H,1,4-5,7,9H2,2-3H3. The van der Waals surface area contributed by atoms with Crippen LogP contribution in [0.4, 0.5) is 5.82 Å². The molecule has 0 spiro atoms. The summed E-state index contributed by atoms with van der Waals surface area (Å²) in [6.07, 6.45) is 4.46. The Hall–Kier alpha value is -0.870. The predicted octanol–water partition coefficient (Wildman–Crippen LogP) is 3.11. The highest BCUT2D eigenvalue weighted by molar-refractivity contribution is 9.10. The molecule has 0 aromatic carbocycles. The number of rotatable bonds is 6. The van der Waals surface area contributed by atoms with Gasteiger partial charge in [0.1, 0.15) is 5.82 Å². The number of aromatic nitrogens is 1. The minimum Gasteiger partial charge on any atom is -0.355 e. The highest BCUT2D eigenvalue weighted by atomic mass is 79.9. The van der Waals surface area contributed by atoms with Gasteiger partial charge in [-0.15, -0.1) is 0 Å². The summed E-state index contributed by atoms with van der Waals surface area (Å²) in [5.41, 5.74) is 2.38. The van der Waals surface area contributed by atoms with Crippen molar-refractivity contribution in [3.05, 3.63) is 34.5 Å². The molecule has 1 saturated carbocycles. The second-order valence-electron chi connectivity index (χ2n) is 5.10. The van der Waals surface area contributed by atoms with Crippen LogP contribution >= 0.6 is 15.9 Å². The molecule has 0 atom stereocenters. The topological polar surface area (TPSA) is 28.2 Å². The Morgan fingerprint density at radius 1 is 1.61 bits per heavy atom. The molecule has 0 saturated heterocycles. The maximum Gasteiger partial charge on any atom is 0.133 e. The lowest BCUT2D eigenvalue weighted by molar-refractivity contribution is 0.683. The molecule has 0 unspecified atom stereocenters. The van der Waals surface area contributed by atoms with E-state index in [1.54, 1.807) is 0 Å². The van der Waals surface area contributed by atoms with E-state index in [0.717, 1.165) is 29.0 Å². The molecule has 3 nitrogen and oxygen atoms in total. The van der Waals surface area contributed by atoms with Gasteiger partial charge in [0, 0.05) is 42.4 Å². The van der Waals surface area contributed by atoms with Crippen LogP contribution in [0, 0.1) is 0 Å². The maximum atomic E-state index is 4.53. The summed E-state index contributed by atoms with van der Waals surface area (Å²) in [5, 5.41) is 3.54. The summed E-state index contributed by atoms with van der Waals surface area (Å²) in [6, 6.07) is 2.86. The molecule has 1 aliphatic rings. The summed E-state index contributed by atoms with van der Waals surface area (Å²) >= 11 is 3.49. The van der Waals surface area contributed by atoms with Gasteiger partial charge in [0.05, 0.1) is 0 Å². The molecule has 2 rings (SSSR count). The first-order valence-corrected chi connectivity index (χ1v) is 7.09. The van der Waals surface area contributed by atoms with Gasteiger partial charge in [-0.25, -0.2) is 4.98 Å². The number of anilines is 1. The Morgan fingerprint density at radius 3 is 2.94 bits per heavy atom. The molecule has 0 aliphatic heterocycles. The second kappa shape index (κ2) is 5.85. The van der Waals surface area contributed by atoms with Crippen molar-refractivity contribution in [1.29, 1.82) is 0 Å². The van der Waals surface area contributed by atoms with Crippen molar-refractivity contribution in [2.45, 2.75) is 32.4 Å². The van der Waals surface area contributed by atoms with E-state index in [-0.39, 0.29) is 0 Å². The van der Waals surface area contributed by atoms with Gasteiger partial charge in [0.2, 0.25) is 0 Å². The monoisotopic (exact) mass is 309 g/mol. The van der Waals surface area contributed by atoms with Crippen LogP contribution in [0.3, 0.4) is 0 Å². The summed E-state index contributed by atoms with van der Waals surface area (Å²) in [7, 11) is 2.06. The Kier molecular flexibility index (Phi) is 4.40. The lowest BCUT2D eigenvalue weighted by Crippen LogP contribution is -2.24. The van der Waals surface area contributed by atoms with Crippen LogP contribution in [-0.2, 0) is 6.54 Å². The van der Waals surface area contributed by atoms with Crippen molar-refractivity contribution in [1.82, 2.24) is 10.3 Å². The van der Waals surface area contributed by atoms with E-state index in [0.29, 0.717) is 6.04 Å². The molecule has 1 aromatic heterocycles. The third-order valence-corrected chi connectivity index (χ3v) is 3.37. The highest BCUT2D eigenvalue weighted by Crippen LogP contribution is 2.24. The zero-order chi connectivity index (χ0) is 13.1. The molecule has 1 heterocycles. The number of pyridine rings is 1. The largest absolute Gasteiger partial charge is 0.355 e. The molecule has 18 heavy (non-hydrogen) atoms. The van der Waals surface area contributed by atoms with E-state index in [4.69, 9.17) is 0 Å². The van der Waals surface area contributed by atoms with Gasteiger partial charge >= 0.3 is 0 Å². The van der Waals surface area contributed by atoms with Crippen molar-refractivity contribution in [2.75, 3.05) is 18.5 Å². The fraction of sp³-hybridized carbons (Fsp3) is 0.500. The Bertz CT molecular complexity index is 441. The number of likely N-dealkylation sites (N-methyl/N-ethyl adjacent to an activating group) is 1. The third-order valence-electron chi connectivity index (χ3n) is 2.94. The molecular weight excluding hydrogens is 290 g/mol. The fourth-order valence-corrected chi connectivity index (χ4v) is 2.35. The lowest BCUT2D eigenvalue weighted by Gasteiger charge is -2.21. The van der Waals surface area contributed by atoms with E-state index < -0.39 is 0 Å². The summed E-state index contributed by atoms with van der Waals surface area (Å²) in [6.45, 7) is 7.72. The van der Waals surface area contributed by atoms with E-state index in [1.807, 2.05) is 13.1 Å². The van der Waals surface area contributed by atoms with Gasteiger partial charge < -0.3 is 10.2 Å². The van der Waals surface area contributed by atoms with Gasteiger partial charge in [-0.3, -0.25) is 0 Å². The molecule has 1 aromatic rings. The van der Waals surface area contributed by atoms with Crippen LogP contribution in [0.25, 0.3) is 0 Å². The van der Waals surface area contributed by atoms with Gasteiger partial charge in [-0.2, -0.15) is 0 Å². The molecular formula is C14H20BrN3. The molecule has 0 bridgehead atoms. The van der Waals surface area contributed by atoms with Crippen LogP contribution in [0.15, 0.2) is 28.9 Å². The molecule has 1 aliphatic carbocycles. The van der Waals surface area contributed by atoms with Crippen molar-refractivity contribution in [3.8, 4) is 0 Å². The number of nitrogens with zero attached hydrogens (tertiary/aromatic N) is 2. The minimum atomic E-state index is 0.711. The van der Waals surface area contributed by atoms with Gasteiger partial charge in [-0.05, 0) is 41.8 Å². The first-order valence-electron chi connectivity index (χ1n) is 6.29. The Labute approximate surface area is 117 Å². The number of nitrogens with one attached hydrogen (secondary N) is 1. The van der Waals surface area contributed by atoms with Crippen LogP contribution in [-0.4, -0.2) is 24.6 Å². The van der Waals surface area contributed by atoms with E-state index in [1.165, 1.54) is 18.4 Å². The number of hydrogen-bond donors (Lipinski definition) is 1. The maximum absolute atomic E-state index is 4.53. The van der Waals surface area contributed by atoms with E-state index in [2.05, 4.69) is 50.8 Å². The molecule has 4 heteroatoms. The summed E-state index contributed by atoms with van der Waals surface area (Å²) < 4.78 is 1.03. The lowest BCUT2D eigenvalue weighted by atomic mass is 10.2. The van der Waals surface area contributed by atoms with E-state index >= 15 is 0 Å². The fourth-order valence-electron chi connectivity index (χ4n) is 1.97. The second-order valence-corrected chi connectivity index (χ2v) is 6.02. The summed E-state index contributed by atoms with van der Waals surface area (Å²) in [4.78, 5) is 6.68. The quantitative estimate of drug-likeness (QED) is 0.818. The predicted molar refractivity (Wildman–Crippen MR) is 79.9 cm³/mol. The zero-order valence-corrected chi connectivity index (χ0v) is 12.6. The highest BCUT2D eigenvalue weighted by Gasteiger charge is 2.21. The molecule has 1 fully saturated rings. The normalized spacial score (nSPS) is 14.6. The average molecular weight is 310 g/mol. The SMILES string of the molecule is C=C(C)CN(C)c1ncc(Br)cc1CNC1CC1. The number of halogens is 1. The smallest absolute Gasteiger partial charge is 0.133 e. The van der Waals surface area contributed by atoms with Crippen LogP contribution in [0.5, 0.6) is 0 Å². The molecule has 0 amide bonds. The van der Waals surface area contributed by atoms with Gasteiger partial charge in [0.15, 0.2) is 0 Å². The van der Waals surface area contributed by atoms with Crippen LogP contribution < -0.4 is 10.2 Å². The van der Waals surface area contributed by atoms with Crippen molar-refractivity contribution in [2.24, 2.45) is 0 Å². The average Bonchev–Trinajstić information content (AvgIpc) is 3.09. The van der Waals surface area contributed by atoms with Crippen LogP contribution in [0.1, 0.15) is 25.3 Å². The van der Waals surface area contributed by atoms with Crippen LogP contribution in [0.2, 0.25) is 0 Å². The Morgan fingerprint density at radius 2 is 2.33 bits per heavy atom. The molecule has 0 radical (unpaired) electrons. The van der Waals surface area contributed by atoms with E-state index in [9.17, 15) is 0 Å². The zero-order valence-electron chi connectivity index (χ0n) is 11.0. The van der Waals surface area contributed by atoms with Gasteiger partial charge in [0.25, 0.3) is 0 Å². The summed E-state index contributed by atoms with van der Waals surface area (Å²) in [5.74, 6) is 1.04. The minimum absolute atomic E-state index is 0.711. The first-order chi connectivity index (χ1) is 8.56. The van der Waals surface area contributed by atoms with Crippen molar-refractivity contribution in [3.63, 3.8) is 0 Å². The molecule has 98 valence electrons. The van der Waals surface area contributed by atoms with Crippen molar-refractivity contribution >= 4 is 21.7 Å². The first kappa shape index (κ1) is 13.6. The van der Waals surface area contributed by atoms with Crippen molar-refractivity contribution < 1.29 is 0 Å². The van der Waals surface area contributed by atoms with Gasteiger partial charge in [-0.1, -0.05) is 12.2 Å². The molecule has 1 N–H and O–H groups in total. The Balaban J connectivity index is 2.12. The number of hydrogen-bond acceptors (Lipinski definition) is 3. The third kappa shape index (κ3) is 3.82.